The molecule has 1 aliphatic carbocycles. The van der Waals surface area contributed by atoms with E-state index in [1.54, 1.807) is 17.1 Å². The molecule has 0 spiro atoms. The molecular weight excluding hydrogens is 214 g/mol. The van der Waals surface area contributed by atoms with Gasteiger partial charge in [0.25, 0.3) is 0 Å². The maximum Gasteiger partial charge on any atom is 0.0904 e. The van der Waals surface area contributed by atoms with Crippen LogP contribution in [0.3, 0.4) is 0 Å². The number of aromatic nitrogens is 3. The molecule has 88 valence electrons. The lowest BCUT2D eigenvalue weighted by Gasteiger charge is -2.16. The van der Waals surface area contributed by atoms with Crippen molar-refractivity contribution in [3.8, 4) is 0 Å². The van der Waals surface area contributed by atoms with E-state index in [0.29, 0.717) is 0 Å². The molecule has 2 atom stereocenters. The van der Waals surface area contributed by atoms with Crippen LogP contribution in [-0.2, 0) is 13.5 Å². The van der Waals surface area contributed by atoms with Crippen LogP contribution in [0.4, 0.5) is 0 Å². The Morgan fingerprint density at radius 1 is 1.53 bits per heavy atom. The number of pyridine rings is 1. The molecule has 0 fully saturated rings. The number of aliphatic hydroxyl groups is 1. The third-order valence-corrected chi connectivity index (χ3v) is 3.45. The molecule has 0 aromatic carbocycles. The van der Waals surface area contributed by atoms with E-state index in [4.69, 9.17) is 0 Å². The molecule has 2 aromatic heterocycles. The summed E-state index contributed by atoms with van der Waals surface area (Å²) in [7, 11) is 1.86. The minimum atomic E-state index is -0.500. The van der Waals surface area contributed by atoms with Crippen molar-refractivity contribution in [2.75, 3.05) is 0 Å². The Bertz CT molecular complexity index is 535. The van der Waals surface area contributed by atoms with E-state index in [2.05, 4.69) is 16.1 Å². The van der Waals surface area contributed by atoms with Gasteiger partial charge in [-0.3, -0.25) is 9.67 Å². The zero-order chi connectivity index (χ0) is 11.8. The minimum absolute atomic E-state index is 0.107. The lowest BCUT2D eigenvalue weighted by Crippen LogP contribution is -2.08. The van der Waals surface area contributed by atoms with Gasteiger partial charge in [0.1, 0.15) is 0 Å². The molecule has 2 aromatic rings. The standard InChI is InChI=1S/C13H15N3O/c1-16-8-10(7-15-16)13(17)11-5-4-9-3-2-6-14-12(9)11/h2-3,6-8,11,13,17H,4-5H2,1H3. The molecule has 0 amide bonds. The molecule has 1 N–H and O–H groups in total. The molecule has 2 unspecified atom stereocenters. The van der Waals surface area contributed by atoms with Crippen LogP contribution in [0.5, 0.6) is 0 Å². The second-order valence-electron chi connectivity index (χ2n) is 4.59. The van der Waals surface area contributed by atoms with Crippen LogP contribution < -0.4 is 0 Å². The molecule has 0 bridgehead atoms. The maximum atomic E-state index is 10.4. The molecule has 0 saturated carbocycles. The largest absolute Gasteiger partial charge is 0.388 e. The van der Waals surface area contributed by atoms with Crippen molar-refractivity contribution in [3.63, 3.8) is 0 Å². The van der Waals surface area contributed by atoms with Crippen LogP contribution in [0.1, 0.15) is 35.3 Å². The number of hydrogen-bond donors (Lipinski definition) is 1. The average molecular weight is 229 g/mol. The summed E-state index contributed by atoms with van der Waals surface area (Å²) in [5, 5.41) is 14.5. The zero-order valence-corrected chi connectivity index (χ0v) is 9.74. The Morgan fingerprint density at radius 3 is 3.18 bits per heavy atom. The summed E-state index contributed by atoms with van der Waals surface area (Å²) in [6.45, 7) is 0. The second-order valence-corrected chi connectivity index (χ2v) is 4.59. The van der Waals surface area contributed by atoms with E-state index < -0.39 is 6.10 Å². The van der Waals surface area contributed by atoms with Gasteiger partial charge in [-0.15, -0.1) is 0 Å². The van der Waals surface area contributed by atoms with Crippen molar-refractivity contribution in [2.24, 2.45) is 7.05 Å². The van der Waals surface area contributed by atoms with Crippen LogP contribution in [-0.4, -0.2) is 19.9 Å². The van der Waals surface area contributed by atoms with Crippen LogP contribution in [0.15, 0.2) is 30.7 Å². The Hall–Kier alpha value is -1.68. The Kier molecular flexibility index (Phi) is 2.44. The quantitative estimate of drug-likeness (QED) is 0.850. The number of aliphatic hydroxyl groups excluding tert-OH is 1. The van der Waals surface area contributed by atoms with Crippen molar-refractivity contribution in [2.45, 2.75) is 24.9 Å². The van der Waals surface area contributed by atoms with Crippen LogP contribution >= 0.6 is 0 Å². The van der Waals surface area contributed by atoms with Gasteiger partial charge in [-0.1, -0.05) is 6.07 Å². The van der Waals surface area contributed by atoms with Gasteiger partial charge in [0.15, 0.2) is 0 Å². The van der Waals surface area contributed by atoms with Gasteiger partial charge in [0.2, 0.25) is 0 Å². The van der Waals surface area contributed by atoms with E-state index in [1.807, 2.05) is 19.3 Å². The van der Waals surface area contributed by atoms with Gasteiger partial charge in [0, 0.05) is 36.6 Å². The first-order valence-corrected chi connectivity index (χ1v) is 5.86. The predicted octanol–water partition coefficient (Wildman–Crippen LogP) is 1.58. The monoisotopic (exact) mass is 229 g/mol. The fourth-order valence-electron chi connectivity index (χ4n) is 2.58. The van der Waals surface area contributed by atoms with E-state index in [-0.39, 0.29) is 5.92 Å². The van der Waals surface area contributed by atoms with Crippen molar-refractivity contribution < 1.29 is 5.11 Å². The van der Waals surface area contributed by atoms with Crippen molar-refractivity contribution >= 4 is 0 Å². The molecule has 3 rings (SSSR count). The molecule has 0 aliphatic heterocycles. The third-order valence-electron chi connectivity index (χ3n) is 3.45. The van der Waals surface area contributed by atoms with Gasteiger partial charge in [0.05, 0.1) is 12.3 Å². The lowest BCUT2D eigenvalue weighted by atomic mass is 9.95. The van der Waals surface area contributed by atoms with E-state index in [0.717, 1.165) is 24.1 Å². The molecule has 0 radical (unpaired) electrons. The summed E-state index contributed by atoms with van der Waals surface area (Å²) in [4.78, 5) is 4.41. The van der Waals surface area contributed by atoms with Crippen molar-refractivity contribution in [1.29, 1.82) is 0 Å². The van der Waals surface area contributed by atoms with E-state index in [9.17, 15) is 5.11 Å². The number of hydrogen-bond acceptors (Lipinski definition) is 3. The molecular formula is C13H15N3O. The summed E-state index contributed by atoms with van der Waals surface area (Å²) in [6.07, 6.45) is 6.86. The number of rotatable bonds is 2. The highest BCUT2D eigenvalue weighted by molar-refractivity contribution is 5.31. The second kappa shape index (κ2) is 3.96. The fourth-order valence-corrected chi connectivity index (χ4v) is 2.58. The van der Waals surface area contributed by atoms with Gasteiger partial charge in [-0.2, -0.15) is 5.10 Å². The Morgan fingerprint density at radius 2 is 2.41 bits per heavy atom. The Labute approximate surface area is 99.9 Å². The number of fused-ring (bicyclic) bond motifs is 1. The summed E-state index contributed by atoms with van der Waals surface area (Å²) in [5.41, 5.74) is 3.18. The lowest BCUT2D eigenvalue weighted by molar-refractivity contribution is 0.143. The highest BCUT2D eigenvalue weighted by atomic mass is 16.3. The van der Waals surface area contributed by atoms with Crippen molar-refractivity contribution in [1.82, 2.24) is 14.8 Å². The predicted molar refractivity (Wildman–Crippen MR) is 63.5 cm³/mol. The highest BCUT2D eigenvalue weighted by Crippen LogP contribution is 2.39. The Balaban J connectivity index is 1.92. The van der Waals surface area contributed by atoms with Crippen LogP contribution in [0.25, 0.3) is 0 Å². The summed E-state index contributed by atoms with van der Waals surface area (Å²) >= 11 is 0. The first-order chi connectivity index (χ1) is 8.25. The first-order valence-electron chi connectivity index (χ1n) is 5.86. The van der Waals surface area contributed by atoms with Gasteiger partial charge in [-0.25, -0.2) is 0 Å². The van der Waals surface area contributed by atoms with Crippen molar-refractivity contribution in [3.05, 3.63) is 47.5 Å². The molecule has 4 nitrogen and oxygen atoms in total. The van der Waals surface area contributed by atoms with Crippen LogP contribution in [0, 0.1) is 0 Å². The fraction of sp³-hybridized carbons (Fsp3) is 0.385. The van der Waals surface area contributed by atoms with E-state index >= 15 is 0 Å². The molecule has 1 aliphatic rings. The average Bonchev–Trinajstić information content (AvgIpc) is 2.94. The van der Waals surface area contributed by atoms with Gasteiger partial charge >= 0.3 is 0 Å². The van der Waals surface area contributed by atoms with Gasteiger partial charge < -0.3 is 5.11 Å². The highest BCUT2D eigenvalue weighted by Gasteiger charge is 2.31. The number of nitrogens with zero attached hydrogens (tertiary/aromatic N) is 3. The zero-order valence-electron chi connectivity index (χ0n) is 9.74. The normalized spacial score (nSPS) is 20.2. The van der Waals surface area contributed by atoms with Gasteiger partial charge in [-0.05, 0) is 24.5 Å². The third kappa shape index (κ3) is 1.74. The summed E-state index contributed by atoms with van der Waals surface area (Å²) in [5.74, 6) is 0.107. The SMILES string of the molecule is Cn1cc(C(O)C2CCc3cccnc32)cn1. The van der Waals surface area contributed by atoms with E-state index in [1.165, 1.54) is 5.56 Å². The maximum absolute atomic E-state index is 10.4. The van der Waals surface area contributed by atoms with Crippen LogP contribution in [0.2, 0.25) is 0 Å². The first kappa shape index (κ1) is 10.5. The number of aryl methyl sites for hydroxylation is 2. The molecule has 4 heteroatoms. The molecule has 2 heterocycles. The molecule has 17 heavy (non-hydrogen) atoms. The molecule has 0 saturated heterocycles. The topological polar surface area (TPSA) is 50.9 Å². The summed E-state index contributed by atoms with van der Waals surface area (Å²) in [6, 6.07) is 4.05. The minimum Gasteiger partial charge on any atom is -0.388 e. The smallest absolute Gasteiger partial charge is 0.0904 e. The summed E-state index contributed by atoms with van der Waals surface area (Å²) < 4.78 is 1.72.